The molecule has 0 aliphatic heterocycles. The standard InChI is InChI=1S/C19H26O5S/c1-4-15-5-7-16(8-6-15)13-24-17(21)9-12-25-14-19(2,3)18(22)23-11-10-20/h4-8,20H,1,9-14H2,2-3H3. The zero-order valence-electron chi connectivity index (χ0n) is 14.8. The summed E-state index contributed by atoms with van der Waals surface area (Å²) in [7, 11) is 0. The molecule has 1 rings (SSSR count). The zero-order valence-corrected chi connectivity index (χ0v) is 15.6. The lowest BCUT2D eigenvalue weighted by atomic mass is 9.97. The molecule has 6 heteroatoms. The highest BCUT2D eigenvalue weighted by molar-refractivity contribution is 7.99. The maximum absolute atomic E-state index is 11.8. The summed E-state index contributed by atoms with van der Waals surface area (Å²) in [6.07, 6.45) is 2.05. The van der Waals surface area contributed by atoms with Gasteiger partial charge in [0.1, 0.15) is 13.2 Å². The SMILES string of the molecule is C=Cc1ccc(COC(=O)CCSCC(C)(C)C(=O)OCCO)cc1. The summed E-state index contributed by atoms with van der Waals surface area (Å²) in [5.74, 6) is 0.499. The minimum absolute atomic E-state index is 0.00698. The Hall–Kier alpha value is -1.79. The van der Waals surface area contributed by atoms with Crippen LogP contribution in [0.2, 0.25) is 0 Å². The van der Waals surface area contributed by atoms with Gasteiger partial charge in [-0.2, -0.15) is 11.8 Å². The highest BCUT2D eigenvalue weighted by Crippen LogP contribution is 2.24. The van der Waals surface area contributed by atoms with Gasteiger partial charge in [0.25, 0.3) is 0 Å². The molecule has 1 aromatic rings. The van der Waals surface area contributed by atoms with Gasteiger partial charge in [0.2, 0.25) is 0 Å². The van der Waals surface area contributed by atoms with Crippen LogP contribution in [0.15, 0.2) is 30.8 Å². The highest BCUT2D eigenvalue weighted by atomic mass is 32.2. The van der Waals surface area contributed by atoms with E-state index in [2.05, 4.69) is 6.58 Å². The van der Waals surface area contributed by atoms with Crippen LogP contribution in [-0.4, -0.2) is 41.8 Å². The van der Waals surface area contributed by atoms with E-state index >= 15 is 0 Å². The van der Waals surface area contributed by atoms with Crippen molar-refractivity contribution in [2.24, 2.45) is 5.41 Å². The first-order valence-corrected chi connectivity index (χ1v) is 9.27. The second-order valence-electron chi connectivity index (χ2n) is 6.15. The van der Waals surface area contributed by atoms with Crippen LogP contribution in [0, 0.1) is 5.41 Å². The van der Waals surface area contributed by atoms with Crippen LogP contribution in [-0.2, 0) is 25.7 Å². The lowest BCUT2D eigenvalue weighted by Gasteiger charge is -2.21. The molecule has 0 aliphatic rings. The summed E-state index contributed by atoms with van der Waals surface area (Å²) >= 11 is 1.50. The summed E-state index contributed by atoms with van der Waals surface area (Å²) in [6.45, 7) is 7.33. The molecule has 0 amide bonds. The van der Waals surface area contributed by atoms with Crippen molar-refractivity contribution in [2.45, 2.75) is 26.9 Å². The molecule has 1 aromatic carbocycles. The van der Waals surface area contributed by atoms with Crippen molar-refractivity contribution in [3.05, 3.63) is 42.0 Å². The van der Waals surface area contributed by atoms with Crippen LogP contribution in [0.3, 0.4) is 0 Å². The van der Waals surface area contributed by atoms with E-state index in [0.717, 1.165) is 11.1 Å². The van der Waals surface area contributed by atoms with Gasteiger partial charge in [-0.05, 0) is 25.0 Å². The number of esters is 2. The Kier molecular flexibility index (Phi) is 9.31. The van der Waals surface area contributed by atoms with E-state index in [1.165, 1.54) is 11.8 Å². The van der Waals surface area contributed by atoms with E-state index < -0.39 is 5.41 Å². The molecule has 0 aliphatic carbocycles. The van der Waals surface area contributed by atoms with Crippen molar-refractivity contribution < 1.29 is 24.2 Å². The van der Waals surface area contributed by atoms with Crippen LogP contribution >= 0.6 is 11.8 Å². The van der Waals surface area contributed by atoms with E-state index in [1.54, 1.807) is 19.9 Å². The first-order chi connectivity index (χ1) is 11.9. The van der Waals surface area contributed by atoms with E-state index in [-0.39, 0.29) is 38.2 Å². The molecule has 0 aromatic heterocycles. The lowest BCUT2D eigenvalue weighted by Crippen LogP contribution is -2.30. The van der Waals surface area contributed by atoms with Gasteiger partial charge in [-0.3, -0.25) is 9.59 Å². The fourth-order valence-corrected chi connectivity index (χ4v) is 2.94. The number of rotatable bonds is 11. The van der Waals surface area contributed by atoms with E-state index in [4.69, 9.17) is 14.6 Å². The van der Waals surface area contributed by atoms with Crippen LogP contribution in [0.5, 0.6) is 0 Å². The number of carbonyl (C=O) groups is 2. The van der Waals surface area contributed by atoms with Crippen LogP contribution in [0.25, 0.3) is 6.08 Å². The summed E-state index contributed by atoms with van der Waals surface area (Å²) in [5, 5.41) is 8.68. The van der Waals surface area contributed by atoms with Gasteiger partial charge in [-0.15, -0.1) is 0 Å². The average molecular weight is 366 g/mol. The Morgan fingerprint density at radius 3 is 2.52 bits per heavy atom. The molecule has 1 N–H and O–H groups in total. The molecule has 25 heavy (non-hydrogen) atoms. The molecule has 0 bridgehead atoms. The minimum atomic E-state index is -0.656. The van der Waals surface area contributed by atoms with E-state index in [1.807, 2.05) is 24.3 Å². The van der Waals surface area contributed by atoms with Gasteiger partial charge in [-0.25, -0.2) is 0 Å². The highest BCUT2D eigenvalue weighted by Gasteiger charge is 2.29. The van der Waals surface area contributed by atoms with Crippen LogP contribution in [0.1, 0.15) is 31.4 Å². The smallest absolute Gasteiger partial charge is 0.312 e. The topological polar surface area (TPSA) is 72.8 Å². The molecule has 0 heterocycles. The molecule has 0 saturated carbocycles. The third kappa shape index (κ3) is 8.23. The lowest BCUT2D eigenvalue weighted by molar-refractivity contribution is -0.153. The first kappa shape index (κ1) is 21.3. The normalized spacial score (nSPS) is 11.0. The number of hydrogen-bond donors (Lipinski definition) is 1. The molecule has 0 radical (unpaired) electrons. The quantitative estimate of drug-likeness (QED) is 0.479. The van der Waals surface area contributed by atoms with Crippen molar-refractivity contribution in [1.29, 1.82) is 0 Å². The molecule has 5 nitrogen and oxygen atoms in total. The Morgan fingerprint density at radius 1 is 1.24 bits per heavy atom. The largest absolute Gasteiger partial charge is 0.463 e. The molecule has 0 atom stereocenters. The maximum Gasteiger partial charge on any atom is 0.312 e. The van der Waals surface area contributed by atoms with Crippen molar-refractivity contribution in [3.8, 4) is 0 Å². The Labute approximate surface area is 153 Å². The minimum Gasteiger partial charge on any atom is -0.463 e. The number of carbonyl (C=O) groups excluding carboxylic acids is 2. The number of ether oxygens (including phenoxy) is 2. The second kappa shape index (κ2) is 10.9. The monoisotopic (exact) mass is 366 g/mol. The number of hydrogen-bond acceptors (Lipinski definition) is 6. The molecule has 0 saturated heterocycles. The Morgan fingerprint density at radius 2 is 1.92 bits per heavy atom. The number of thioether (sulfide) groups is 1. The molecule has 0 spiro atoms. The third-order valence-corrected chi connectivity index (χ3v) is 4.82. The predicted molar refractivity (Wildman–Crippen MR) is 100 cm³/mol. The summed E-state index contributed by atoms with van der Waals surface area (Å²) < 4.78 is 10.2. The van der Waals surface area contributed by atoms with E-state index in [0.29, 0.717) is 11.5 Å². The summed E-state index contributed by atoms with van der Waals surface area (Å²) in [6, 6.07) is 7.65. The van der Waals surface area contributed by atoms with Gasteiger partial charge >= 0.3 is 11.9 Å². The fourth-order valence-electron chi connectivity index (χ4n) is 1.86. The number of benzene rings is 1. The van der Waals surface area contributed by atoms with Crippen molar-refractivity contribution in [1.82, 2.24) is 0 Å². The van der Waals surface area contributed by atoms with Gasteiger partial charge in [0.15, 0.2) is 0 Å². The van der Waals surface area contributed by atoms with E-state index in [9.17, 15) is 9.59 Å². The molecule has 138 valence electrons. The van der Waals surface area contributed by atoms with Gasteiger partial charge in [0, 0.05) is 11.5 Å². The van der Waals surface area contributed by atoms with Gasteiger partial charge in [-0.1, -0.05) is 36.9 Å². The van der Waals surface area contributed by atoms with Crippen molar-refractivity contribution >= 4 is 29.8 Å². The fraction of sp³-hybridized carbons (Fsp3) is 0.474. The number of aliphatic hydroxyl groups excluding tert-OH is 1. The van der Waals surface area contributed by atoms with Crippen LogP contribution in [0.4, 0.5) is 0 Å². The predicted octanol–water partition coefficient (Wildman–Crippen LogP) is 3.06. The maximum atomic E-state index is 11.8. The third-order valence-electron chi connectivity index (χ3n) is 3.41. The summed E-state index contributed by atoms with van der Waals surface area (Å²) in [4.78, 5) is 23.6. The number of aliphatic hydroxyl groups is 1. The van der Waals surface area contributed by atoms with Gasteiger partial charge in [0.05, 0.1) is 18.4 Å². The van der Waals surface area contributed by atoms with Crippen LogP contribution < -0.4 is 0 Å². The Bertz CT molecular complexity index is 566. The molecular formula is C19H26O5S. The first-order valence-electron chi connectivity index (χ1n) is 8.12. The van der Waals surface area contributed by atoms with Crippen molar-refractivity contribution in [2.75, 3.05) is 24.7 Å². The average Bonchev–Trinajstić information content (AvgIpc) is 2.61. The van der Waals surface area contributed by atoms with Crippen molar-refractivity contribution in [3.63, 3.8) is 0 Å². The summed E-state index contributed by atoms with van der Waals surface area (Å²) in [5.41, 5.74) is 1.29. The zero-order chi connectivity index (χ0) is 18.7. The Balaban J connectivity index is 2.23. The second-order valence-corrected chi connectivity index (χ2v) is 7.26. The molecule has 0 fully saturated rings. The van der Waals surface area contributed by atoms with Gasteiger partial charge < -0.3 is 14.6 Å². The molecular weight excluding hydrogens is 340 g/mol. The molecule has 0 unspecified atom stereocenters.